The Kier molecular flexibility index (Phi) is 6.28. The van der Waals surface area contributed by atoms with E-state index in [0.717, 1.165) is 23.7 Å². The quantitative estimate of drug-likeness (QED) is 0.255. The number of hydrogen-bond donors (Lipinski definition) is 0. The third-order valence-electron chi connectivity index (χ3n) is 5.47. The van der Waals surface area contributed by atoms with Crippen molar-refractivity contribution in [1.29, 1.82) is 0 Å². The SMILES string of the molecule is CCCCCC(Cc1nnc(-c2ccc(C=O)c3ncccc23)o1)c1ccccc1. The van der Waals surface area contributed by atoms with E-state index in [0.29, 0.717) is 35.2 Å². The van der Waals surface area contributed by atoms with Crippen molar-refractivity contribution < 1.29 is 9.21 Å². The molecule has 0 saturated carbocycles. The van der Waals surface area contributed by atoms with Crippen LogP contribution in [-0.2, 0) is 6.42 Å². The standard InChI is InChI=1S/C25H25N3O2/c1-2-3-5-11-19(18-9-6-4-7-10-18)16-23-27-28-25(30-23)22-14-13-20(17-29)24-21(22)12-8-15-26-24/h4,6-10,12-15,17,19H,2-3,5,11,16H2,1H3. The van der Waals surface area contributed by atoms with Crippen LogP contribution in [0.3, 0.4) is 0 Å². The highest BCUT2D eigenvalue weighted by molar-refractivity contribution is 6.01. The number of hydrogen-bond acceptors (Lipinski definition) is 5. The molecule has 4 rings (SSSR count). The first kappa shape index (κ1) is 20.0. The second-order valence-electron chi connectivity index (χ2n) is 7.53. The Bertz CT molecular complexity index is 1120. The molecule has 5 heteroatoms. The van der Waals surface area contributed by atoms with Crippen molar-refractivity contribution >= 4 is 17.2 Å². The zero-order valence-corrected chi connectivity index (χ0v) is 17.1. The number of pyridine rings is 1. The number of carbonyl (C=O) groups is 1. The Labute approximate surface area is 176 Å². The van der Waals surface area contributed by atoms with Crippen LogP contribution < -0.4 is 0 Å². The lowest BCUT2D eigenvalue weighted by Crippen LogP contribution is -2.03. The van der Waals surface area contributed by atoms with Crippen LogP contribution >= 0.6 is 0 Å². The van der Waals surface area contributed by atoms with Gasteiger partial charge in [0, 0.05) is 29.1 Å². The molecular weight excluding hydrogens is 374 g/mol. The van der Waals surface area contributed by atoms with Gasteiger partial charge in [-0.3, -0.25) is 9.78 Å². The summed E-state index contributed by atoms with van der Waals surface area (Å²) in [6.07, 6.45) is 7.91. The second kappa shape index (κ2) is 9.44. The molecule has 1 unspecified atom stereocenters. The van der Waals surface area contributed by atoms with E-state index in [1.807, 2.05) is 24.3 Å². The lowest BCUT2D eigenvalue weighted by atomic mass is 9.90. The summed E-state index contributed by atoms with van der Waals surface area (Å²) < 4.78 is 6.07. The molecule has 152 valence electrons. The Morgan fingerprint density at radius 2 is 1.87 bits per heavy atom. The molecule has 0 fully saturated rings. The average molecular weight is 399 g/mol. The van der Waals surface area contributed by atoms with Crippen molar-refractivity contribution in [2.75, 3.05) is 0 Å². The molecule has 0 aliphatic rings. The van der Waals surface area contributed by atoms with Crippen molar-refractivity contribution in [3.05, 3.63) is 77.8 Å². The van der Waals surface area contributed by atoms with Crippen LogP contribution in [0.25, 0.3) is 22.4 Å². The highest BCUT2D eigenvalue weighted by Gasteiger charge is 2.18. The lowest BCUT2D eigenvalue weighted by Gasteiger charge is -2.15. The Balaban J connectivity index is 1.62. The van der Waals surface area contributed by atoms with Crippen LogP contribution in [0.5, 0.6) is 0 Å². The maximum Gasteiger partial charge on any atom is 0.248 e. The van der Waals surface area contributed by atoms with E-state index in [2.05, 4.69) is 46.4 Å². The summed E-state index contributed by atoms with van der Waals surface area (Å²) in [5, 5.41) is 9.46. The molecule has 0 aliphatic carbocycles. The van der Waals surface area contributed by atoms with Crippen molar-refractivity contribution in [2.24, 2.45) is 0 Å². The molecular formula is C25H25N3O2. The lowest BCUT2D eigenvalue weighted by molar-refractivity contribution is 0.112. The molecule has 30 heavy (non-hydrogen) atoms. The normalized spacial score (nSPS) is 12.2. The van der Waals surface area contributed by atoms with Gasteiger partial charge in [-0.15, -0.1) is 10.2 Å². The fourth-order valence-electron chi connectivity index (χ4n) is 3.88. The predicted molar refractivity (Wildman–Crippen MR) is 117 cm³/mol. The number of fused-ring (bicyclic) bond motifs is 1. The number of aromatic nitrogens is 3. The van der Waals surface area contributed by atoms with Crippen molar-refractivity contribution in [3.8, 4) is 11.5 Å². The average Bonchev–Trinajstić information content (AvgIpc) is 3.26. The molecule has 0 N–H and O–H groups in total. The van der Waals surface area contributed by atoms with Gasteiger partial charge in [-0.05, 0) is 36.1 Å². The van der Waals surface area contributed by atoms with Gasteiger partial charge in [-0.25, -0.2) is 0 Å². The molecule has 5 nitrogen and oxygen atoms in total. The van der Waals surface area contributed by atoms with E-state index in [4.69, 9.17) is 4.42 Å². The smallest absolute Gasteiger partial charge is 0.248 e. The van der Waals surface area contributed by atoms with E-state index < -0.39 is 0 Å². The second-order valence-corrected chi connectivity index (χ2v) is 7.53. The van der Waals surface area contributed by atoms with E-state index in [9.17, 15) is 4.79 Å². The van der Waals surface area contributed by atoms with Crippen LogP contribution in [-0.4, -0.2) is 21.5 Å². The summed E-state index contributed by atoms with van der Waals surface area (Å²) in [6.45, 7) is 2.22. The summed E-state index contributed by atoms with van der Waals surface area (Å²) in [7, 11) is 0. The number of benzene rings is 2. The van der Waals surface area contributed by atoms with Crippen LogP contribution in [0.1, 0.15) is 60.3 Å². The molecule has 2 heterocycles. The van der Waals surface area contributed by atoms with E-state index in [1.165, 1.54) is 24.8 Å². The van der Waals surface area contributed by atoms with Crippen LogP contribution in [0.15, 0.2) is 65.2 Å². The molecule has 0 radical (unpaired) electrons. The van der Waals surface area contributed by atoms with E-state index >= 15 is 0 Å². The molecule has 0 saturated heterocycles. The van der Waals surface area contributed by atoms with Crippen LogP contribution in [0, 0.1) is 0 Å². The molecule has 1 atom stereocenters. The minimum atomic E-state index is 0.349. The number of unbranched alkanes of at least 4 members (excludes halogenated alkanes) is 2. The van der Waals surface area contributed by atoms with Gasteiger partial charge in [-0.1, -0.05) is 62.6 Å². The zero-order chi connectivity index (χ0) is 20.8. The number of rotatable bonds is 9. The fourth-order valence-corrected chi connectivity index (χ4v) is 3.88. The number of carbonyl (C=O) groups excluding carboxylic acids is 1. The topological polar surface area (TPSA) is 68.9 Å². The Hall–Kier alpha value is -3.34. The highest BCUT2D eigenvalue weighted by Crippen LogP contribution is 2.31. The first-order chi connectivity index (χ1) is 14.8. The first-order valence-corrected chi connectivity index (χ1v) is 10.5. The first-order valence-electron chi connectivity index (χ1n) is 10.5. The van der Waals surface area contributed by atoms with Crippen molar-refractivity contribution in [1.82, 2.24) is 15.2 Å². The highest BCUT2D eigenvalue weighted by atomic mass is 16.4. The maximum absolute atomic E-state index is 11.3. The molecule has 0 spiro atoms. The molecule has 0 bridgehead atoms. The minimum Gasteiger partial charge on any atom is -0.421 e. The van der Waals surface area contributed by atoms with E-state index in [-0.39, 0.29) is 0 Å². The third kappa shape index (κ3) is 4.30. The van der Waals surface area contributed by atoms with Gasteiger partial charge < -0.3 is 4.42 Å². The van der Waals surface area contributed by atoms with E-state index in [1.54, 1.807) is 12.3 Å². The minimum absolute atomic E-state index is 0.349. The van der Waals surface area contributed by atoms with Crippen molar-refractivity contribution in [2.45, 2.75) is 44.9 Å². The van der Waals surface area contributed by atoms with Crippen LogP contribution in [0.4, 0.5) is 0 Å². The molecule has 2 aromatic heterocycles. The van der Waals surface area contributed by atoms with Crippen LogP contribution in [0.2, 0.25) is 0 Å². The van der Waals surface area contributed by atoms with Gasteiger partial charge in [0.15, 0.2) is 6.29 Å². The van der Waals surface area contributed by atoms with Crippen molar-refractivity contribution in [3.63, 3.8) is 0 Å². The van der Waals surface area contributed by atoms with Gasteiger partial charge in [-0.2, -0.15) is 0 Å². The largest absolute Gasteiger partial charge is 0.421 e. The summed E-state index contributed by atoms with van der Waals surface area (Å²) in [4.78, 5) is 15.7. The molecule has 2 aromatic carbocycles. The zero-order valence-electron chi connectivity index (χ0n) is 17.1. The molecule has 0 amide bonds. The van der Waals surface area contributed by atoms with Gasteiger partial charge >= 0.3 is 0 Å². The predicted octanol–water partition coefficient (Wildman–Crippen LogP) is 6.00. The maximum atomic E-state index is 11.3. The van der Waals surface area contributed by atoms with Gasteiger partial charge in [0.05, 0.1) is 5.52 Å². The Morgan fingerprint density at radius 1 is 1.00 bits per heavy atom. The summed E-state index contributed by atoms with van der Waals surface area (Å²) in [6, 6.07) is 17.9. The monoisotopic (exact) mass is 399 g/mol. The summed E-state index contributed by atoms with van der Waals surface area (Å²) in [5.74, 6) is 1.44. The fraction of sp³-hybridized carbons (Fsp3) is 0.280. The van der Waals surface area contributed by atoms with Gasteiger partial charge in [0.2, 0.25) is 11.8 Å². The van der Waals surface area contributed by atoms with Gasteiger partial charge in [0.25, 0.3) is 0 Å². The number of aldehydes is 1. The summed E-state index contributed by atoms with van der Waals surface area (Å²) in [5.41, 5.74) is 3.30. The Morgan fingerprint density at radius 3 is 2.67 bits per heavy atom. The number of nitrogens with zero attached hydrogens (tertiary/aromatic N) is 3. The molecule has 4 aromatic rings. The third-order valence-corrected chi connectivity index (χ3v) is 5.47. The summed E-state index contributed by atoms with van der Waals surface area (Å²) >= 11 is 0. The van der Waals surface area contributed by atoms with Gasteiger partial charge in [0.1, 0.15) is 0 Å². The molecule has 0 aliphatic heterocycles.